The van der Waals surface area contributed by atoms with Gasteiger partial charge in [0.1, 0.15) is 18.1 Å². The summed E-state index contributed by atoms with van der Waals surface area (Å²) in [5, 5.41) is 23.9. The van der Waals surface area contributed by atoms with Crippen molar-refractivity contribution in [1.29, 1.82) is 0 Å². The number of nitrogens with one attached hydrogen (secondary N) is 3. The summed E-state index contributed by atoms with van der Waals surface area (Å²) in [7, 11) is 0. The lowest BCUT2D eigenvalue weighted by atomic mass is 10.0. The van der Waals surface area contributed by atoms with Crippen LogP contribution in [0.5, 0.6) is 0 Å². The van der Waals surface area contributed by atoms with Gasteiger partial charge in [-0.15, -0.1) is 0 Å². The largest absolute Gasteiger partial charge is 0.480 e. The number of carbonyl (C=O) groups excluding carboxylic acids is 2. The number of H-pyrrole nitrogens is 1. The maximum atomic E-state index is 12.8. The molecule has 1 aromatic heterocycles. The number of aliphatic hydroxyl groups is 1. The van der Waals surface area contributed by atoms with E-state index in [1.54, 1.807) is 30.3 Å². The lowest BCUT2D eigenvalue weighted by Gasteiger charge is -2.23. The first-order valence-corrected chi connectivity index (χ1v) is 9.06. The number of benzene rings is 1. The molecule has 1 heterocycles. The fourth-order valence-electron chi connectivity index (χ4n) is 2.63. The Morgan fingerprint density at radius 2 is 1.76 bits per heavy atom. The average molecular weight is 403 g/mol. The summed E-state index contributed by atoms with van der Waals surface area (Å²) in [5.41, 5.74) is 6.93. The molecule has 7 N–H and O–H groups in total. The Labute approximate surface area is 167 Å². The van der Waals surface area contributed by atoms with Gasteiger partial charge in [0.05, 0.1) is 12.4 Å². The van der Waals surface area contributed by atoms with E-state index in [-0.39, 0.29) is 12.8 Å². The molecule has 0 saturated heterocycles. The number of aliphatic hydroxyl groups excluding tert-OH is 1. The van der Waals surface area contributed by atoms with Crippen molar-refractivity contribution < 1.29 is 24.6 Å². The molecule has 0 fully saturated rings. The highest BCUT2D eigenvalue weighted by Crippen LogP contribution is 2.06. The molecule has 0 aliphatic carbocycles. The molecule has 0 bridgehead atoms. The molecular weight excluding hydrogens is 378 g/mol. The Kier molecular flexibility index (Phi) is 7.87. The van der Waals surface area contributed by atoms with Crippen molar-refractivity contribution in [3.8, 4) is 0 Å². The molecule has 10 nitrogen and oxygen atoms in total. The predicted molar refractivity (Wildman–Crippen MR) is 104 cm³/mol. The zero-order chi connectivity index (χ0) is 21.4. The number of nitrogens with two attached hydrogens (primary N) is 1. The number of rotatable bonds is 10. The molecule has 0 spiro atoms. The van der Waals surface area contributed by atoms with Gasteiger partial charge in [-0.1, -0.05) is 30.3 Å². The van der Waals surface area contributed by atoms with E-state index in [0.29, 0.717) is 5.69 Å². The van der Waals surface area contributed by atoms with Crippen LogP contribution < -0.4 is 16.4 Å². The van der Waals surface area contributed by atoms with Crippen molar-refractivity contribution in [2.24, 2.45) is 5.73 Å². The fraction of sp³-hybridized carbons (Fsp3) is 0.368. The molecule has 2 aromatic rings. The summed E-state index contributed by atoms with van der Waals surface area (Å²) < 4.78 is 0. The third-order valence-electron chi connectivity index (χ3n) is 4.33. The summed E-state index contributed by atoms with van der Waals surface area (Å²) in [6.07, 6.45) is 1.92. The Bertz CT molecular complexity index is 810. The average Bonchev–Trinajstić information content (AvgIpc) is 3.20. The van der Waals surface area contributed by atoms with Crippen LogP contribution in [-0.2, 0) is 27.2 Å². The monoisotopic (exact) mass is 403 g/mol. The number of carboxylic acid groups (broad SMARTS) is 1. The van der Waals surface area contributed by atoms with E-state index in [0.717, 1.165) is 5.56 Å². The van der Waals surface area contributed by atoms with Crippen molar-refractivity contribution >= 4 is 17.8 Å². The van der Waals surface area contributed by atoms with Gasteiger partial charge in [-0.05, 0) is 12.5 Å². The number of hydrogen-bond donors (Lipinski definition) is 6. The standard InChI is InChI=1S/C19H25N5O5/c1-11(25)16(20)18(27)23-14(8-13-9-21-10-22-13)17(26)24-15(19(28)29)7-12-5-3-2-4-6-12/h2-6,9-11,14-16,25H,7-8,20H2,1H3,(H,21,22)(H,23,27)(H,24,26)(H,28,29)/t11-,14+,15+,16+/m1/s1. The van der Waals surface area contributed by atoms with Crippen molar-refractivity contribution in [2.45, 2.75) is 44.0 Å². The van der Waals surface area contributed by atoms with Gasteiger partial charge in [0.25, 0.3) is 0 Å². The molecule has 0 aliphatic rings. The SMILES string of the molecule is C[C@@H](O)[C@H](N)C(=O)N[C@@H](Cc1cnc[nH]1)C(=O)N[C@@H](Cc1ccccc1)C(=O)O. The molecule has 156 valence electrons. The topological polar surface area (TPSA) is 170 Å². The number of carbonyl (C=O) groups is 3. The third kappa shape index (κ3) is 6.70. The van der Waals surface area contributed by atoms with Crippen LogP contribution in [0.1, 0.15) is 18.2 Å². The van der Waals surface area contributed by atoms with Gasteiger partial charge in [-0.3, -0.25) is 9.59 Å². The van der Waals surface area contributed by atoms with Crippen LogP contribution in [0.3, 0.4) is 0 Å². The lowest BCUT2D eigenvalue weighted by molar-refractivity contribution is -0.142. The summed E-state index contributed by atoms with van der Waals surface area (Å²) in [6, 6.07) is 5.35. The fourth-order valence-corrected chi connectivity index (χ4v) is 2.63. The number of aromatic nitrogens is 2. The van der Waals surface area contributed by atoms with Gasteiger partial charge in [0.2, 0.25) is 11.8 Å². The minimum atomic E-state index is -1.23. The number of carboxylic acids is 1. The van der Waals surface area contributed by atoms with Crippen LogP contribution in [0, 0.1) is 0 Å². The van der Waals surface area contributed by atoms with E-state index in [2.05, 4.69) is 20.6 Å². The Hall–Kier alpha value is -3.24. The Morgan fingerprint density at radius 1 is 1.10 bits per heavy atom. The van der Waals surface area contributed by atoms with Crippen LogP contribution in [0.2, 0.25) is 0 Å². The van der Waals surface area contributed by atoms with Crippen molar-refractivity contribution in [1.82, 2.24) is 20.6 Å². The number of aliphatic carboxylic acids is 1. The number of aromatic amines is 1. The summed E-state index contributed by atoms with van der Waals surface area (Å²) in [4.78, 5) is 43.3. The molecule has 4 atom stereocenters. The minimum Gasteiger partial charge on any atom is -0.480 e. The first-order valence-electron chi connectivity index (χ1n) is 9.06. The van der Waals surface area contributed by atoms with Gasteiger partial charge in [0, 0.05) is 24.7 Å². The van der Waals surface area contributed by atoms with E-state index >= 15 is 0 Å². The number of imidazole rings is 1. The van der Waals surface area contributed by atoms with Crippen LogP contribution >= 0.6 is 0 Å². The molecule has 10 heteroatoms. The van der Waals surface area contributed by atoms with Crippen molar-refractivity contribution in [2.75, 3.05) is 0 Å². The summed E-state index contributed by atoms with van der Waals surface area (Å²) >= 11 is 0. The molecule has 0 unspecified atom stereocenters. The summed E-state index contributed by atoms with van der Waals surface area (Å²) in [6.45, 7) is 1.36. The lowest BCUT2D eigenvalue weighted by Crippen LogP contribution is -2.57. The first-order chi connectivity index (χ1) is 13.8. The van der Waals surface area contributed by atoms with Crippen molar-refractivity contribution in [3.05, 3.63) is 54.1 Å². The van der Waals surface area contributed by atoms with Gasteiger partial charge < -0.3 is 31.6 Å². The second-order valence-electron chi connectivity index (χ2n) is 6.70. The third-order valence-corrected chi connectivity index (χ3v) is 4.33. The number of amides is 2. The normalized spacial score (nSPS) is 15.0. The molecule has 0 aliphatic heterocycles. The number of nitrogens with zero attached hydrogens (tertiary/aromatic N) is 1. The Morgan fingerprint density at radius 3 is 2.31 bits per heavy atom. The van der Waals surface area contributed by atoms with Crippen LogP contribution in [-0.4, -0.2) is 62.2 Å². The second-order valence-corrected chi connectivity index (χ2v) is 6.70. The van der Waals surface area contributed by atoms with Crippen LogP contribution in [0.4, 0.5) is 0 Å². The second kappa shape index (κ2) is 10.3. The van der Waals surface area contributed by atoms with Gasteiger partial charge in [-0.25, -0.2) is 9.78 Å². The smallest absolute Gasteiger partial charge is 0.326 e. The van der Waals surface area contributed by atoms with Crippen LogP contribution in [0.25, 0.3) is 0 Å². The first kappa shape index (κ1) is 22.1. The van der Waals surface area contributed by atoms with Gasteiger partial charge in [-0.2, -0.15) is 0 Å². The molecular formula is C19H25N5O5. The van der Waals surface area contributed by atoms with Gasteiger partial charge >= 0.3 is 5.97 Å². The molecule has 29 heavy (non-hydrogen) atoms. The number of hydrogen-bond acceptors (Lipinski definition) is 6. The maximum Gasteiger partial charge on any atom is 0.326 e. The highest BCUT2D eigenvalue weighted by Gasteiger charge is 2.29. The van der Waals surface area contributed by atoms with E-state index in [4.69, 9.17) is 5.73 Å². The summed E-state index contributed by atoms with van der Waals surface area (Å²) in [5.74, 6) is -2.61. The maximum absolute atomic E-state index is 12.8. The molecule has 2 rings (SSSR count). The van der Waals surface area contributed by atoms with E-state index in [1.165, 1.54) is 19.4 Å². The van der Waals surface area contributed by atoms with Crippen molar-refractivity contribution in [3.63, 3.8) is 0 Å². The molecule has 2 amide bonds. The molecule has 0 saturated carbocycles. The van der Waals surface area contributed by atoms with E-state index in [9.17, 15) is 24.6 Å². The predicted octanol–water partition coefficient (Wildman–Crippen LogP) is -1.04. The van der Waals surface area contributed by atoms with Gasteiger partial charge in [0.15, 0.2) is 0 Å². The van der Waals surface area contributed by atoms with E-state index in [1.807, 2.05) is 0 Å². The molecule has 1 aromatic carbocycles. The minimum absolute atomic E-state index is 0.0434. The van der Waals surface area contributed by atoms with E-state index < -0.39 is 42.0 Å². The quantitative estimate of drug-likeness (QED) is 0.294. The zero-order valence-electron chi connectivity index (χ0n) is 15.9. The Balaban J connectivity index is 2.13. The highest BCUT2D eigenvalue weighted by atomic mass is 16.4. The molecule has 0 radical (unpaired) electrons. The van der Waals surface area contributed by atoms with Crippen LogP contribution in [0.15, 0.2) is 42.9 Å². The highest BCUT2D eigenvalue weighted by molar-refractivity contribution is 5.92. The zero-order valence-corrected chi connectivity index (χ0v) is 15.9.